The van der Waals surface area contributed by atoms with Gasteiger partial charge in [0.05, 0.1) is 16.9 Å². The van der Waals surface area contributed by atoms with Gasteiger partial charge in [0.1, 0.15) is 5.82 Å². The van der Waals surface area contributed by atoms with Crippen LogP contribution in [0, 0.1) is 12.8 Å². The van der Waals surface area contributed by atoms with Crippen LogP contribution >= 0.6 is 22.9 Å². The molecule has 0 radical (unpaired) electrons. The average Bonchev–Trinajstić information content (AvgIpc) is 3.19. The first-order valence-corrected chi connectivity index (χ1v) is 9.69. The van der Waals surface area contributed by atoms with Crippen LogP contribution in [0.3, 0.4) is 0 Å². The highest BCUT2D eigenvalue weighted by Gasteiger charge is 2.07. The number of hydrogen-bond donors (Lipinski definition) is 2. The second-order valence-corrected chi connectivity index (χ2v) is 7.39. The highest BCUT2D eigenvalue weighted by molar-refractivity contribution is 7.11. The molecule has 27 heavy (non-hydrogen) atoms. The van der Waals surface area contributed by atoms with Gasteiger partial charge in [0.2, 0.25) is 0 Å². The number of amides is 1. The standard InChI is InChI=1S/C11H10ClN3.C8H12N2OS/c1-8-4-5-9(7-14-8)15-11-10(12)3-2-6-13-11;1-6(2)5-10-7(11)8-9-3-4-12-8/h2-7H,1H3,(H,13,15);3-4,6H,5H2,1-2H3,(H,10,11). The number of thiazole rings is 1. The largest absolute Gasteiger partial charge is 0.350 e. The van der Waals surface area contributed by atoms with Crippen LogP contribution in [-0.2, 0) is 0 Å². The molecule has 0 fully saturated rings. The van der Waals surface area contributed by atoms with Gasteiger partial charge < -0.3 is 10.6 Å². The van der Waals surface area contributed by atoms with Crippen molar-refractivity contribution in [2.45, 2.75) is 20.8 Å². The Balaban J connectivity index is 0.000000199. The van der Waals surface area contributed by atoms with Gasteiger partial charge in [-0.3, -0.25) is 9.78 Å². The van der Waals surface area contributed by atoms with Crippen molar-refractivity contribution in [2.75, 3.05) is 11.9 Å². The maximum Gasteiger partial charge on any atom is 0.280 e. The summed E-state index contributed by atoms with van der Waals surface area (Å²) >= 11 is 7.32. The first-order valence-electron chi connectivity index (χ1n) is 8.43. The monoisotopic (exact) mass is 403 g/mol. The van der Waals surface area contributed by atoms with Gasteiger partial charge in [-0.15, -0.1) is 11.3 Å². The Kier molecular flexibility index (Phi) is 8.16. The maximum absolute atomic E-state index is 11.2. The van der Waals surface area contributed by atoms with Crippen molar-refractivity contribution in [3.05, 3.63) is 64.0 Å². The zero-order valence-electron chi connectivity index (χ0n) is 15.4. The number of nitrogens with zero attached hydrogens (tertiary/aromatic N) is 3. The number of hydrogen-bond acceptors (Lipinski definition) is 6. The van der Waals surface area contributed by atoms with Gasteiger partial charge in [0.25, 0.3) is 5.91 Å². The second-order valence-electron chi connectivity index (χ2n) is 6.09. The van der Waals surface area contributed by atoms with Crippen molar-refractivity contribution in [2.24, 2.45) is 5.92 Å². The first-order chi connectivity index (χ1) is 13.0. The Bertz CT molecular complexity index is 838. The summed E-state index contributed by atoms with van der Waals surface area (Å²) in [5, 5.41) is 8.82. The molecule has 1 amide bonds. The van der Waals surface area contributed by atoms with Crippen LogP contribution in [0.25, 0.3) is 0 Å². The minimum Gasteiger partial charge on any atom is -0.350 e. The van der Waals surface area contributed by atoms with E-state index in [0.29, 0.717) is 28.3 Å². The van der Waals surface area contributed by atoms with E-state index in [1.807, 2.05) is 19.1 Å². The molecule has 0 aliphatic rings. The Labute approximate surface area is 168 Å². The molecule has 3 rings (SSSR count). The van der Waals surface area contributed by atoms with E-state index in [1.54, 1.807) is 36.1 Å². The van der Waals surface area contributed by atoms with Crippen LogP contribution in [0.5, 0.6) is 0 Å². The summed E-state index contributed by atoms with van der Waals surface area (Å²) in [6.45, 7) is 6.76. The zero-order valence-corrected chi connectivity index (χ0v) is 17.0. The van der Waals surface area contributed by atoms with E-state index in [1.165, 1.54) is 11.3 Å². The van der Waals surface area contributed by atoms with Crippen LogP contribution < -0.4 is 10.6 Å². The lowest BCUT2D eigenvalue weighted by atomic mass is 10.2. The summed E-state index contributed by atoms with van der Waals surface area (Å²) in [6.07, 6.45) is 5.07. The zero-order chi connectivity index (χ0) is 19.6. The molecule has 142 valence electrons. The van der Waals surface area contributed by atoms with Crippen molar-refractivity contribution in [3.8, 4) is 0 Å². The predicted molar refractivity (Wildman–Crippen MR) is 111 cm³/mol. The number of rotatable bonds is 5. The van der Waals surface area contributed by atoms with E-state index < -0.39 is 0 Å². The molecule has 0 spiro atoms. The molecule has 0 atom stereocenters. The Hall–Kier alpha value is -2.51. The van der Waals surface area contributed by atoms with Crippen molar-refractivity contribution < 1.29 is 4.79 Å². The van der Waals surface area contributed by atoms with E-state index in [9.17, 15) is 4.79 Å². The third kappa shape index (κ3) is 7.32. The summed E-state index contributed by atoms with van der Waals surface area (Å²) in [6, 6.07) is 7.45. The lowest BCUT2D eigenvalue weighted by Gasteiger charge is -2.06. The van der Waals surface area contributed by atoms with E-state index in [0.717, 1.165) is 11.4 Å². The number of anilines is 2. The minimum atomic E-state index is -0.0706. The molecule has 3 aromatic heterocycles. The van der Waals surface area contributed by atoms with Crippen LogP contribution in [-0.4, -0.2) is 27.4 Å². The molecule has 2 N–H and O–H groups in total. The van der Waals surface area contributed by atoms with Gasteiger partial charge in [-0.25, -0.2) is 9.97 Å². The van der Waals surface area contributed by atoms with E-state index in [-0.39, 0.29) is 5.91 Å². The summed E-state index contributed by atoms with van der Waals surface area (Å²) in [7, 11) is 0. The fraction of sp³-hybridized carbons (Fsp3) is 0.263. The molecular formula is C19H22ClN5OS. The number of carbonyl (C=O) groups excluding carboxylic acids is 1. The fourth-order valence-corrected chi connectivity index (χ4v) is 2.58. The van der Waals surface area contributed by atoms with Gasteiger partial charge in [-0.2, -0.15) is 0 Å². The van der Waals surface area contributed by atoms with E-state index >= 15 is 0 Å². The van der Waals surface area contributed by atoms with E-state index in [2.05, 4.69) is 39.4 Å². The van der Waals surface area contributed by atoms with Gasteiger partial charge in [0.15, 0.2) is 5.01 Å². The molecule has 0 saturated carbocycles. The van der Waals surface area contributed by atoms with Gasteiger partial charge >= 0.3 is 0 Å². The van der Waals surface area contributed by atoms with Gasteiger partial charge in [-0.1, -0.05) is 25.4 Å². The van der Waals surface area contributed by atoms with Gasteiger partial charge in [0, 0.05) is 30.0 Å². The van der Waals surface area contributed by atoms with Crippen LogP contribution in [0.1, 0.15) is 29.3 Å². The Morgan fingerprint density at radius 3 is 2.59 bits per heavy atom. The number of halogens is 1. The SMILES string of the molecule is CC(C)CNC(=O)c1nccs1.Cc1ccc(Nc2ncccc2Cl)cn1. The molecule has 3 heterocycles. The van der Waals surface area contributed by atoms with Crippen molar-refractivity contribution in [1.29, 1.82) is 0 Å². The third-order valence-corrected chi connectivity index (χ3v) is 4.31. The smallest absolute Gasteiger partial charge is 0.280 e. The number of carbonyl (C=O) groups is 1. The number of aromatic nitrogens is 3. The van der Waals surface area contributed by atoms with Crippen LogP contribution in [0.4, 0.5) is 11.5 Å². The van der Waals surface area contributed by atoms with Crippen LogP contribution in [0.15, 0.2) is 48.2 Å². The molecule has 0 aliphatic heterocycles. The van der Waals surface area contributed by atoms with Crippen molar-refractivity contribution >= 4 is 40.4 Å². The topological polar surface area (TPSA) is 79.8 Å². The van der Waals surface area contributed by atoms with Crippen molar-refractivity contribution in [1.82, 2.24) is 20.3 Å². The quantitative estimate of drug-likeness (QED) is 0.644. The summed E-state index contributed by atoms with van der Waals surface area (Å²) in [5.74, 6) is 1.05. The normalized spacial score (nSPS) is 10.1. The Morgan fingerprint density at radius 1 is 1.19 bits per heavy atom. The predicted octanol–water partition coefficient (Wildman–Crippen LogP) is 4.71. The Morgan fingerprint density at radius 2 is 2.00 bits per heavy atom. The van der Waals surface area contributed by atoms with E-state index in [4.69, 9.17) is 11.6 Å². The average molecular weight is 404 g/mol. The molecule has 0 unspecified atom stereocenters. The molecule has 0 bridgehead atoms. The maximum atomic E-state index is 11.2. The second kappa shape index (κ2) is 10.6. The molecule has 6 nitrogen and oxygen atoms in total. The molecule has 0 aromatic carbocycles. The molecular weight excluding hydrogens is 382 g/mol. The summed E-state index contributed by atoms with van der Waals surface area (Å²) < 4.78 is 0. The molecule has 8 heteroatoms. The van der Waals surface area contributed by atoms with Crippen molar-refractivity contribution in [3.63, 3.8) is 0 Å². The number of pyridine rings is 2. The highest BCUT2D eigenvalue weighted by Crippen LogP contribution is 2.21. The number of aryl methyl sites for hydroxylation is 1. The summed E-state index contributed by atoms with van der Waals surface area (Å²) in [4.78, 5) is 23.4. The molecule has 3 aromatic rings. The lowest BCUT2D eigenvalue weighted by Crippen LogP contribution is -2.27. The first kappa shape index (κ1) is 20.8. The minimum absolute atomic E-state index is 0.0706. The van der Waals surface area contributed by atoms with Gasteiger partial charge in [-0.05, 0) is 37.1 Å². The fourth-order valence-electron chi connectivity index (χ4n) is 1.86. The number of nitrogens with one attached hydrogen (secondary N) is 2. The highest BCUT2D eigenvalue weighted by atomic mass is 35.5. The summed E-state index contributed by atoms with van der Waals surface area (Å²) in [5.41, 5.74) is 1.86. The third-order valence-electron chi connectivity index (χ3n) is 3.23. The molecule has 0 aliphatic carbocycles. The molecule has 0 saturated heterocycles. The lowest BCUT2D eigenvalue weighted by molar-refractivity contribution is 0.0948. The van der Waals surface area contributed by atoms with Crippen LogP contribution in [0.2, 0.25) is 5.02 Å².